The third kappa shape index (κ3) is 5.51. The van der Waals surface area contributed by atoms with E-state index in [1.807, 2.05) is 27.7 Å². The van der Waals surface area contributed by atoms with Crippen LogP contribution in [0.1, 0.15) is 39.7 Å². The smallest absolute Gasteiger partial charge is 0.315 e. The van der Waals surface area contributed by atoms with Gasteiger partial charge in [0.2, 0.25) is 10.0 Å². The Labute approximate surface area is 139 Å². The molecule has 0 radical (unpaired) electrons. The minimum atomic E-state index is -3.43. The van der Waals surface area contributed by atoms with Crippen LogP contribution in [0.4, 0.5) is 4.79 Å². The van der Waals surface area contributed by atoms with Crippen LogP contribution in [0.25, 0.3) is 0 Å². The highest BCUT2D eigenvalue weighted by atomic mass is 32.2. The lowest BCUT2D eigenvalue weighted by atomic mass is 10.2. The molecule has 0 saturated heterocycles. The molecule has 1 aromatic rings. The molecule has 1 aromatic carbocycles. The molecule has 1 atom stereocenters. The average molecular weight is 341 g/mol. The molecule has 2 N–H and O–H groups in total. The molecule has 2 amide bonds. The van der Waals surface area contributed by atoms with Gasteiger partial charge in [0.05, 0.1) is 4.90 Å². The number of sulfonamides is 1. The van der Waals surface area contributed by atoms with Crippen LogP contribution in [0.5, 0.6) is 0 Å². The summed E-state index contributed by atoms with van der Waals surface area (Å²) in [6.45, 7) is 8.81. The molecule has 0 spiro atoms. The zero-order valence-corrected chi connectivity index (χ0v) is 15.1. The second-order valence-corrected chi connectivity index (χ2v) is 7.31. The summed E-state index contributed by atoms with van der Waals surface area (Å²) < 4.78 is 26.2. The van der Waals surface area contributed by atoms with Gasteiger partial charge in [-0.25, -0.2) is 13.2 Å². The zero-order chi connectivity index (χ0) is 17.5. The summed E-state index contributed by atoms with van der Waals surface area (Å²) in [4.78, 5) is 11.9. The summed E-state index contributed by atoms with van der Waals surface area (Å²) in [5, 5.41) is 5.57. The van der Waals surface area contributed by atoms with Gasteiger partial charge in [-0.3, -0.25) is 0 Å². The molecule has 0 fully saturated rings. The second kappa shape index (κ2) is 8.88. The van der Waals surface area contributed by atoms with E-state index < -0.39 is 10.0 Å². The van der Waals surface area contributed by atoms with E-state index in [4.69, 9.17) is 0 Å². The SMILES string of the molecule is CCC(C)NC(=O)NCc1ccc(S(=O)(=O)N(CC)CC)cc1. The van der Waals surface area contributed by atoms with E-state index in [1.165, 1.54) is 4.31 Å². The van der Waals surface area contributed by atoms with Crippen LogP contribution in [-0.4, -0.2) is 37.9 Å². The van der Waals surface area contributed by atoms with Gasteiger partial charge in [-0.05, 0) is 31.0 Å². The van der Waals surface area contributed by atoms with Crippen molar-refractivity contribution < 1.29 is 13.2 Å². The predicted molar refractivity (Wildman–Crippen MR) is 91.7 cm³/mol. The summed E-state index contributed by atoms with van der Waals surface area (Å²) in [7, 11) is -3.43. The van der Waals surface area contributed by atoms with Gasteiger partial charge in [-0.2, -0.15) is 4.31 Å². The number of hydrogen-bond donors (Lipinski definition) is 2. The fourth-order valence-electron chi connectivity index (χ4n) is 2.05. The van der Waals surface area contributed by atoms with E-state index in [0.29, 0.717) is 19.6 Å². The van der Waals surface area contributed by atoms with Gasteiger partial charge < -0.3 is 10.6 Å². The Bertz CT molecular complexity index is 596. The van der Waals surface area contributed by atoms with Crippen LogP contribution in [0.2, 0.25) is 0 Å². The fraction of sp³-hybridized carbons (Fsp3) is 0.562. The summed E-state index contributed by atoms with van der Waals surface area (Å²) >= 11 is 0. The van der Waals surface area contributed by atoms with Crippen LogP contribution in [0, 0.1) is 0 Å². The number of nitrogens with one attached hydrogen (secondary N) is 2. The van der Waals surface area contributed by atoms with Gasteiger partial charge in [0.15, 0.2) is 0 Å². The lowest BCUT2D eigenvalue weighted by Crippen LogP contribution is -2.40. The lowest BCUT2D eigenvalue weighted by molar-refractivity contribution is 0.237. The summed E-state index contributed by atoms with van der Waals surface area (Å²) in [5.41, 5.74) is 0.850. The first-order valence-corrected chi connectivity index (χ1v) is 9.42. The Morgan fingerprint density at radius 3 is 2.17 bits per heavy atom. The highest BCUT2D eigenvalue weighted by Gasteiger charge is 2.21. The zero-order valence-electron chi connectivity index (χ0n) is 14.3. The van der Waals surface area contributed by atoms with Gasteiger partial charge in [-0.1, -0.05) is 32.9 Å². The molecule has 0 saturated carbocycles. The monoisotopic (exact) mass is 341 g/mol. The molecule has 0 aliphatic rings. The van der Waals surface area contributed by atoms with Gasteiger partial charge in [0, 0.05) is 25.7 Å². The van der Waals surface area contributed by atoms with Crippen molar-refractivity contribution in [1.29, 1.82) is 0 Å². The number of carbonyl (C=O) groups is 1. The summed E-state index contributed by atoms with van der Waals surface area (Å²) in [6, 6.07) is 6.50. The molecule has 1 unspecified atom stereocenters. The minimum absolute atomic E-state index is 0.122. The molecule has 0 heterocycles. The predicted octanol–water partition coefficient (Wildman–Crippen LogP) is 2.31. The van der Waals surface area contributed by atoms with E-state index in [0.717, 1.165) is 12.0 Å². The number of carbonyl (C=O) groups excluding carboxylic acids is 1. The lowest BCUT2D eigenvalue weighted by Gasteiger charge is -2.18. The molecule has 1 rings (SSSR count). The first-order chi connectivity index (χ1) is 10.8. The standard InChI is InChI=1S/C16H27N3O3S/c1-5-13(4)18-16(20)17-12-14-8-10-15(11-9-14)23(21,22)19(6-2)7-3/h8-11,13H,5-7,12H2,1-4H3,(H2,17,18,20). The van der Waals surface area contributed by atoms with Crippen molar-refractivity contribution in [2.24, 2.45) is 0 Å². The molecule has 0 aliphatic heterocycles. The average Bonchev–Trinajstić information content (AvgIpc) is 2.54. The Balaban J connectivity index is 2.69. The normalized spacial score (nSPS) is 12.9. The molecule has 7 heteroatoms. The molecule has 0 bridgehead atoms. The van der Waals surface area contributed by atoms with Crippen molar-refractivity contribution in [2.45, 2.75) is 51.6 Å². The van der Waals surface area contributed by atoms with Crippen molar-refractivity contribution in [1.82, 2.24) is 14.9 Å². The number of nitrogens with zero attached hydrogens (tertiary/aromatic N) is 1. The molecule has 23 heavy (non-hydrogen) atoms. The minimum Gasteiger partial charge on any atom is -0.336 e. The van der Waals surface area contributed by atoms with Crippen LogP contribution >= 0.6 is 0 Å². The van der Waals surface area contributed by atoms with Gasteiger partial charge in [0.1, 0.15) is 0 Å². The molecular weight excluding hydrogens is 314 g/mol. The highest BCUT2D eigenvalue weighted by Crippen LogP contribution is 2.16. The van der Waals surface area contributed by atoms with Crippen LogP contribution in [-0.2, 0) is 16.6 Å². The number of benzene rings is 1. The van der Waals surface area contributed by atoms with Crippen molar-refractivity contribution in [2.75, 3.05) is 13.1 Å². The second-order valence-electron chi connectivity index (χ2n) is 5.37. The van der Waals surface area contributed by atoms with E-state index in [1.54, 1.807) is 24.3 Å². The Kier molecular flexibility index (Phi) is 7.51. The maximum atomic E-state index is 12.4. The fourth-order valence-corrected chi connectivity index (χ4v) is 3.51. The Morgan fingerprint density at radius 1 is 1.13 bits per heavy atom. The largest absolute Gasteiger partial charge is 0.336 e. The number of urea groups is 1. The molecular formula is C16H27N3O3S. The molecule has 6 nitrogen and oxygen atoms in total. The van der Waals surface area contributed by atoms with Crippen LogP contribution < -0.4 is 10.6 Å². The summed E-state index contributed by atoms with van der Waals surface area (Å²) in [6.07, 6.45) is 0.866. The number of amides is 2. The number of rotatable bonds is 8. The quantitative estimate of drug-likeness (QED) is 0.761. The molecule has 0 aromatic heterocycles. The van der Waals surface area contributed by atoms with E-state index >= 15 is 0 Å². The first-order valence-electron chi connectivity index (χ1n) is 7.98. The van der Waals surface area contributed by atoms with Crippen molar-refractivity contribution >= 4 is 16.1 Å². The van der Waals surface area contributed by atoms with Gasteiger partial charge >= 0.3 is 6.03 Å². The third-order valence-electron chi connectivity index (χ3n) is 3.71. The van der Waals surface area contributed by atoms with Crippen LogP contribution in [0.3, 0.4) is 0 Å². The van der Waals surface area contributed by atoms with Gasteiger partial charge in [0.25, 0.3) is 0 Å². The first kappa shape index (κ1) is 19.4. The Morgan fingerprint density at radius 2 is 1.70 bits per heavy atom. The maximum absolute atomic E-state index is 12.4. The maximum Gasteiger partial charge on any atom is 0.315 e. The van der Waals surface area contributed by atoms with Gasteiger partial charge in [-0.15, -0.1) is 0 Å². The topological polar surface area (TPSA) is 78.5 Å². The number of hydrogen-bond acceptors (Lipinski definition) is 3. The Hall–Kier alpha value is -1.60. The van der Waals surface area contributed by atoms with Crippen molar-refractivity contribution in [3.8, 4) is 0 Å². The van der Waals surface area contributed by atoms with E-state index in [2.05, 4.69) is 10.6 Å². The molecule has 130 valence electrons. The van der Waals surface area contributed by atoms with E-state index in [-0.39, 0.29) is 17.0 Å². The van der Waals surface area contributed by atoms with Crippen molar-refractivity contribution in [3.05, 3.63) is 29.8 Å². The third-order valence-corrected chi connectivity index (χ3v) is 5.77. The molecule has 0 aliphatic carbocycles. The highest BCUT2D eigenvalue weighted by molar-refractivity contribution is 7.89. The summed E-state index contributed by atoms with van der Waals surface area (Å²) in [5.74, 6) is 0. The van der Waals surface area contributed by atoms with E-state index in [9.17, 15) is 13.2 Å². The van der Waals surface area contributed by atoms with Crippen LogP contribution in [0.15, 0.2) is 29.2 Å². The van der Waals surface area contributed by atoms with Crippen molar-refractivity contribution in [3.63, 3.8) is 0 Å².